The number of hydrogen-bond acceptors (Lipinski definition) is 2. The van der Waals surface area contributed by atoms with Crippen molar-refractivity contribution in [1.29, 1.82) is 0 Å². The molecule has 0 aliphatic carbocycles. The minimum atomic E-state index is -1.23. The Bertz CT molecular complexity index is 421. The Balaban J connectivity index is 2.39. The molecule has 0 amide bonds. The van der Waals surface area contributed by atoms with Gasteiger partial charge in [0.25, 0.3) is 0 Å². The fourth-order valence-electron chi connectivity index (χ4n) is 1.60. The monoisotopic (exact) mass is 207 g/mol. The minimum Gasteiger partial charge on any atom is -0.478 e. The van der Waals surface area contributed by atoms with Crippen molar-refractivity contribution in [3.8, 4) is 0 Å². The van der Waals surface area contributed by atoms with E-state index in [1.54, 1.807) is 17.0 Å². The lowest BCUT2D eigenvalue weighted by Crippen LogP contribution is -2.20. The molecule has 2 rings (SSSR count). The highest BCUT2D eigenvalue weighted by atomic mass is 19.1. The number of nitrogens with zero attached hydrogens (tertiary/aromatic N) is 1. The van der Waals surface area contributed by atoms with Gasteiger partial charge in [0.05, 0.1) is 11.3 Å². The van der Waals surface area contributed by atoms with Crippen molar-refractivity contribution in [2.75, 3.05) is 18.0 Å². The number of rotatable bonds is 2. The molecule has 3 nitrogen and oxygen atoms in total. The van der Waals surface area contributed by atoms with Gasteiger partial charge in [-0.05, 0) is 12.1 Å². The first kappa shape index (κ1) is 9.71. The molecule has 0 saturated carbocycles. The van der Waals surface area contributed by atoms with Gasteiger partial charge in [0.2, 0.25) is 0 Å². The summed E-state index contributed by atoms with van der Waals surface area (Å²) < 4.78 is 13.7. The zero-order chi connectivity index (χ0) is 10.8. The van der Waals surface area contributed by atoms with E-state index < -0.39 is 11.8 Å². The number of carbonyl (C=O) groups is 1. The van der Waals surface area contributed by atoms with Crippen molar-refractivity contribution in [1.82, 2.24) is 0 Å². The van der Waals surface area contributed by atoms with Gasteiger partial charge in [-0.15, -0.1) is 0 Å². The second-order valence-electron chi connectivity index (χ2n) is 3.32. The van der Waals surface area contributed by atoms with E-state index in [4.69, 9.17) is 5.11 Å². The van der Waals surface area contributed by atoms with Gasteiger partial charge in [-0.1, -0.05) is 18.2 Å². The molecule has 0 saturated heterocycles. The van der Waals surface area contributed by atoms with E-state index in [9.17, 15) is 9.18 Å². The highest BCUT2D eigenvalue weighted by Crippen LogP contribution is 2.23. The van der Waals surface area contributed by atoms with Gasteiger partial charge in [0.15, 0.2) is 5.82 Å². The molecule has 1 aromatic rings. The van der Waals surface area contributed by atoms with Crippen LogP contribution in [0.4, 0.5) is 10.1 Å². The number of carboxylic acid groups (broad SMARTS) is 1. The number of benzene rings is 1. The predicted octanol–water partition coefficient (Wildman–Crippen LogP) is 1.90. The third-order valence-corrected chi connectivity index (χ3v) is 2.37. The van der Waals surface area contributed by atoms with Gasteiger partial charge in [-0.2, -0.15) is 0 Å². The lowest BCUT2D eigenvalue weighted by Gasteiger charge is -2.18. The van der Waals surface area contributed by atoms with Crippen LogP contribution in [0.5, 0.6) is 0 Å². The molecule has 1 aliphatic rings. The highest BCUT2D eigenvalue weighted by Gasteiger charge is 2.18. The van der Waals surface area contributed by atoms with Crippen LogP contribution in [0, 0.1) is 5.82 Å². The Morgan fingerprint density at radius 3 is 2.60 bits per heavy atom. The summed E-state index contributed by atoms with van der Waals surface area (Å²) in [7, 11) is 0. The molecule has 1 aromatic carbocycles. The van der Waals surface area contributed by atoms with Gasteiger partial charge >= 0.3 is 5.97 Å². The lowest BCUT2D eigenvalue weighted by molar-refractivity contribution is 0.0692. The summed E-state index contributed by atoms with van der Waals surface area (Å²) in [6, 6.07) is 4.42. The summed E-state index contributed by atoms with van der Waals surface area (Å²) in [5.74, 6) is -1.89. The zero-order valence-corrected chi connectivity index (χ0v) is 7.98. The van der Waals surface area contributed by atoms with Crippen molar-refractivity contribution in [2.45, 2.75) is 0 Å². The molecule has 15 heavy (non-hydrogen) atoms. The van der Waals surface area contributed by atoms with Gasteiger partial charge in [0, 0.05) is 13.1 Å². The minimum absolute atomic E-state index is 0.278. The van der Waals surface area contributed by atoms with E-state index >= 15 is 0 Å². The third-order valence-electron chi connectivity index (χ3n) is 2.37. The molecule has 0 spiro atoms. The fraction of sp³-hybridized carbons (Fsp3) is 0.182. The Morgan fingerprint density at radius 1 is 1.33 bits per heavy atom. The topological polar surface area (TPSA) is 40.5 Å². The van der Waals surface area contributed by atoms with Gasteiger partial charge in [-0.3, -0.25) is 0 Å². The average Bonchev–Trinajstić information content (AvgIpc) is 2.70. The molecule has 1 aliphatic heterocycles. The Kier molecular flexibility index (Phi) is 2.41. The van der Waals surface area contributed by atoms with Crippen LogP contribution in [0.15, 0.2) is 30.4 Å². The molecular weight excluding hydrogens is 197 g/mol. The maximum Gasteiger partial charge on any atom is 0.338 e. The standard InChI is InChI=1S/C11H10FNO2/c12-10-8(11(14)15)4-3-5-9(10)13-6-1-2-7-13/h1-5H,6-7H2,(H,14,15). The van der Waals surface area contributed by atoms with Crippen molar-refractivity contribution in [3.05, 3.63) is 41.7 Å². The maximum atomic E-state index is 13.7. The maximum absolute atomic E-state index is 13.7. The number of halogens is 1. The van der Waals surface area contributed by atoms with Crippen molar-refractivity contribution >= 4 is 11.7 Å². The zero-order valence-electron chi connectivity index (χ0n) is 7.98. The number of hydrogen-bond donors (Lipinski definition) is 1. The molecule has 78 valence electrons. The molecule has 0 unspecified atom stereocenters. The normalized spacial score (nSPS) is 14.6. The number of anilines is 1. The quantitative estimate of drug-likeness (QED) is 0.753. The predicted molar refractivity (Wildman–Crippen MR) is 54.7 cm³/mol. The fourth-order valence-corrected chi connectivity index (χ4v) is 1.60. The first-order valence-electron chi connectivity index (χ1n) is 4.62. The first-order valence-corrected chi connectivity index (χ1v) is 4.62. The van der Waals surface area contributed by atoms with Gasteiger partial charge in [-0.25, -0.2) is 9.18 Å². The average molecular weight is 207 g/mol. The number of aromatic carboxylic acids is 1. The van der Waals surface area contributed by atoms with E-state index in [0.29, 0.717) is 18.8 Å². The van der Waals surface area contributed by atoms with Gasteiger partial charge < -0.3 is 10.0 Å². The van der Waals surface area contributed by atoms with Crippen molar-refractivity contribution in [3.63, 3.8) is 0 Å². The number of carboxylic acids is 1. The summed E-state index contributed by atoms with van der Waals surface area (Å²) in [5, 5.41) is 8.76. The van der Waals surface area contributed by atoms with Crippen LogP contribution in [0.25, 0.3) is 0 Å². The van der Waals surface area contributed by atoms with E-state index in [-0.39, 0.29) is 5.56 Å². The smallest absolute Gasteiger partial charge is 0.338 e. The Labute approximate surface area is 86.4 Å². The molecule has 1 N–H and O–H groups in total. The van der Waals surface area contributed by atoms with Crippen LogP contribution in [0.3, 0.4) is 0 Å². The Morgan fingerprint density at radius 2 is 2.00 bits per heavy atom. The second kappa shape index (κ2) is 3.73. The van der Waals surface area contributed by atoms with Crippen LogP contribution in [-0.2, 0) is 0 Å². The molecule has 0 fully saturated rings. The van der Waals surface area contributed by atoms with Crippen LogP contribution >= 0.6 is 0 Å². The molecule has 0 bridgehead atoms. The lowest BCUT2D eigenvalue weighted by atomic mass is 10.1. The Hall–Kier alpha value is -1.84. The first-order chi connectivity index (χ1) is 7.20. The van der Waals surface area contributed by atoms with Crippen LogP contribution in [0.2, 0.25) is 0 Å². The van der Waals surface area contributed by atoms with Crippen molar-refractivity contribution < 1.29 is 14.3 Å². The molecule has 0 radical (unpaired) electrons. The summed E-state index contributed by atoms with van der Waals surface area (Å²) >= 11 is 0. The van der Waals surface area contributed by atoms with Crippen molar-refractivity contribution in [2.24, 2.45) is 0 Å². The molecule has 0 atom stereocenters. The van der Waals surface area contributed by atoms with Crippen LogP contribution < -0.4 is 4.90 Å². The largest absolute Gasteiger partial charge is 0.478 e. The van der Waals surface area contributed by atoms with Crippen LogP contribution in [-0.4, -0.2) is 24.2 Å². The SMILES string of the molecule is O=C(O)c1cccc(N2CC=CC2)c1F. The second-order valence-corrected chi connectivity index (χ2v) is 3.32. The highest BCUT2D eigenvalue weighted by molar-refractivity contribution is 5.89. The van der Waals surface area contributed by atoms with E-state index in [1.807, 2.05) is 12.2 Å². The molecule has 1 heterocycles. The van der Waals surface area contributed by atoms with E-state index in [0.717, 1.165) is 0 Å². The summed E-state index contributed by atoms with van der Waals surface area (Å²) in [5.41, 5.74) is 0.0688. The summed E-state index contributed by atoms with van der Waals surface area (Å²) in [6.45, 7) is 1.25. The van der Waals surface area contributed by atoms with Gasteiger partial charge in [0.1, 0.15) is 0 Å². The molecular formula is C11H10FNO2. The third kappa shape index (κ3) is 1.70. The summed E-state index contributed by atoms with van der Waals surface area (Å²) in [4.78, 5) is 12.5. The molecule has 4 heteroatoms. The van der Waals surface area contributed by atoms with E-state index in [1.165, 1.54) is 6.07 Å². The summed E-state index contributed by atoms with van der Waals surface area (Å²) in [6.07, 6.45) is 3.85. The van der Waals surface area contributed by atoms with E-state index in [2.05, 4.69) is 0 Å². The molecule has 0 aromatic heterocycles. The van der Waals surface area contributed by atoms with Crippen LogP contribution in [0.1, 0.15) is 10.4 Å².